The third kappa shape index (κ3) is 5.95. The third-order valence-electron chi connectivity index (χ3n) is 7.37. The normalized spacial score (nSPS) is 13.7. The van der Waals surface area contributed by atoms with Crippen LogP contribution in [0.5, 0.6) is 5.75 Å². The van der Waals surface area contributed by atoms with Gasteiger partial charge in [0.15, 0.2) is 0 Å². The molecule has 1 saturated heterocycles. The minimum atomic E-state index is -4.15. The molecule has 11 nitrogen and oxygen atoms in total. The summed E-state index contributed by atoms with van der Waals surface area (Å²) in [6, 6.07) is 19.4. The van der Waals surface area contributed by atoms with E-state index < -0.39 is 27.2 Å². The number of carbonyl (C=O) groups excluding carboxylic acids is 1. The summed E-state index contributed by atoms with van der Waals surface area (Å²) in [7, 11) is -4.15. The van der Waals surface area contributed by atoms with E-state index in [2.05, 4.69) is 9.97 Å². The van der Waals surface area contributed by atoms with Gasteiger partial charge in [0, 0.05) is 61.0 Å². The molecule has 6 rings (SSSR count). The van der Waals surface area contributed by atoms with Crippen LogP contribution in [-0.4, -0.2) is 59.9 Å². The summed E-state index contributed by atoms with van der Waals surface area (Å²) in [6.07, 6.45) is 3.08. The van der Waals surface area contributed by atoms with Crippen molar-refractivity contribution >= 4 is 32.6 Å². The highest BCUT2D eigenvalue weighted by molar-refractivity contribution is 7.87. The Balaban J connectivity index is 1.17. The monoisotopic (exact) mass is 615 g/mol. The average molecular weight is 616 g/mol. The molecule has 1 aliphatic rings. The molecular formula is C31H26FN5O6S. The summed E-state index contributed by atoms with van der Waals surface area (Å²) in [5, 5.41) is 1.15. The number of amides is 1. The van der Waals surface area contributed by atoms with Crippen molar-refractivity contribution in [3.8, 4) is 5.75 Å². The van der Waals surface area contributed by atoms with Crippen molar-refractivity contribution in [2.45, 2.75) is 11.4 Å². The van der Waals surface area contributed by atoms with E-state index >= 15 is 0 Å². The number of carbonyl (C=O) groups is 1. The van der Waals surface area contributed by atoms with Crippen molar-refractivity contribution in [2.24, 2.45) is 0 Å². The molecule has 13 heteroatoms. The molecule has 0 saturated carbocycles. The largest absolute Gasteiger partial charge is 0.379 e. The van der Waals surface area contributed by atoms with Crippen LogP contribution in [0.1, 0.15) is 15.9 Å². The predicted molar refractivity (Wildman–Crippen MR) is 161 cm³/mol. The number of piperazine rings is 1. The topological polar surface area (TPSA) is 135 Å². The molecule has 0 bridgehead atoms. The van der Waals surface area contributed by atoms with Crippen LogP contribution in [-0.2, 0) is 16.7 Å². The Kier molecular flexibility index (Phi) is 7.70. The second kappa shape index (κ2) is 11.8. The summed E-state index contributed by atoms with van der Waals surface area (Å²) in [4.78, 5) is 47.8. The van der Waals surface area contributed by atoms with Gasteiger partial charge in [-0.3, -0.25) is 24.1 Å². The first-order chi connectivity index (χ1) is 21.2. The van der Waals surface area contributed by atoms with Gasteiger partial charge in [-0.2, -0.15) is 8.42 Å². The van der Waals surface area contributed by atoms with Crippen LogP contribution < -0.4 is 20.3 Å². The Bertz CT molecular complexity index is 2070. The van der Waals surface area contributed by atoms with E-state index in [1.165, 1.54) is 59.3 Å². The Morgan fingerprint density at radius 1 is 0.932 bits per heavy atom. The highest BCUT2D eigenvalue weighted by Gasteiger charge is 2.25. The quantitative estimate of drug-likeness (QED) is 0.276. The third-order valence-corrected chi connectivity index (χ3v) is 8.68. The fourth-order valence-electron chi connectivity index (χ4n) is 5.15. The van der Waals surface area contributed by atoms with Crippen LogP contribution in [0, 0.1) is 5.82 Å². The first-order valence-electron chi connectivity index (χ1n) is 13.7. The van der Waals surface area contributed by atoms with E-state index in [1.54, 1.807) is 41.4 Å². The molecule has 0 unspecified atom stereocenters. The summed E-state index contributed by atoms with van der Waals surface area (Å²) in [5.74, 6) is -0.170. The second-order valence-electron chi connectivity index (χ2n) is 10.2. The van der Waals surface area contributed by atoms with Crippen LogP contribution in [0.15, 0.2) is 106 Å². The lowest BCUT2D eigenvalue weighted by atomic mass is 10.1. The van der Waals surface area contributed by atoms with E-state index in [0.717, 1.165) is 0 Å². The number of H-pyrrole nitrogens is 1. The number of rotatable bonds is 7. The SMILES string of the molecule is O=C(c1ccc(F)cc1)N1CCN(c2cc(=O)[nH]c(=O)n2Cc2ccc(OS(=O)(=O)c3cccc4cnccc34)cc2)CC1. The minimum Gasteiger partial charge on any atom is -0.379 e. The van der Waals surface area contributed by atoms with Crippen molar-refractivity contribution in [1.29, 1.82) is 0 Å². The second-order valence-corrected chi connectivity index (χ2v) is 11.7. The molecule has 3 heterocycles. The van der Waals surface area contributed by atoms with Gasteiger partial charge in [-0.25, -0.2) is 9.18 Å². The number of nitrogens with zero attached hydrogens (tertiary/aromatic N) is 4. The van der Waals surface area contributed by atoms with Gasteiger partial charge in [0.05, 0.1) is 6.54 Å². The number of fused-ring (bicyclic) bond motifs is 1. The number of anilines is 1. The highest BCUT2D eigenvalue weighted by Crippen LogP contribution is 2.26. The van der Waals surface area contributed by atoms with Crippen LogP contribution in [0.25, 0.3) is 10.8 Å². The number of pyridine rings is 1. The van der Waals surface area contributed by atoms with Crippen LogP contribution in [0.4, 0.5) is 10.2 Å². The molecular weight excluding hydrogens is 589 g/mol. The standard InChI is InChI=1S/C31H26FN5O6S/c32-24-8-6-22(7-9-24)30(39)36-16-14-35(15-17-36)29-18-28(38)34-31(40)37(29)20-21-4-10-25(11-5-21)43-44(41,42)27-3-1-2-23-19-33-13-12-26(23)27/h1-13,18-19H,14-17,20H2,(H,34,38,40). The van der Waals surface area contributed by atoms with Crippen molar-refractivity contribution in [3.63, 3.8) is 0 Å². The van der Waals surface area contributed by atoms with E-state index in [4.69, 9.17) is 4.18 Å². The summed E-state index contributed by atoms with van der Waals surface area (Å²) in [5.41, 5.74) is -0.121. The molecule has 1 fully saturated rings. The molecule has 1 N–H and O–H groups in total. The van der Waals surface area contributed by atoms with Gasteiger partial charge in [-0.1, -0.05) is 24.3 Å². The number of hydrogen-bond donors (Lipinski definition) is 1. The molecule has 1 aliphatic heterocycles. The Labute approximate surface area is 250 Å². The predicted octanol–water partition coefficient (Wildman–Crippen LogP) is 3.00. The molecule has 2 aromatic heterocycles. The molecule has 44 heavy (non-hydrogen) atoms. The maximum absolute atomic E-state index is 13.3. The van der Waals surface area contributed by atoms with Crippen LogP contribution in [0.2, 0.25) is 0 Å². The number of aromatic amines is 1. The Morgan fingerprint density at radius 2 is 1.66 bits per heavy atom. The average Bonchev–Trinajstić information content (AvgIpc) is 3.03. The van der Waals surface area contributed by atoms with E-state index in [9.17, 15) is 27.2 Å². The zero-order chi connectivity index (χ0) is 30.8. The maximum atomic E-state index is 13.3. The summed E-state index contributed by atoms with van der Waals surface area (Å²) < 4.78 is 46.2. The number of hydrogen-bond acceptors (Lipinski definition) is 8. The smallest absolute Gasteiger partial charge is 0.339 e. The van der Waals surface area contributed by atoms with Crippen LogP contribution in [0.3, 0.4) is 0 Å². The van der Waals surface area contributed by atoms with Crippen molar-refractivity contribution in [2.75, 3.05) is 31.1 Å². The van der Waals surface area contributed by atoms with Gasteiger partial charge in [0.1, 0.15) is 22.3 Å². The lowest BCUT2D eigenvalue weighted by Gasteiger charge is -2.36. The fourth-order valence-corrected chi connectivity index (χ4v) is 6.31. The molecule has 0 atom stereocenters. The number of aromatic nitrogens is 3. The maximum Gasteiger partial charge on any atom is 0.339 e. The molecule has 3 aromatic carbocycles. The lowest BCUT2D eigenvalue weighted by Crippen LogP contribution is -2.50. The van der Waals surface area contributed by atoms with Crippen molar-refractivity contribution in [1.82, 2.24) is 19.4 Å². The molecule has 0 spiro atoms. The molecule has 224 valence electrons. The van der Waals surface area contributed by atoms with Crippen molar-refractivity contribution < 1.29 is 21.8 Å². The molecule has 5 aromatic rings. The Morgan fingerprint density at radius 3 is 2.39 bits per heavy atom. The van der Waals surface area contributed by atoms with E-state index in [0.29, 0.717) is 53.9 Å². The van der Waals surface area contributed by atoms with Gasteiger partial charge in [0.25, 0.3) is 11.5 Å². The first kappa shape index (κ1) is 28.8. The number of benzene rings is 3. The van der Waals surface area contributed by atoms with Crippen molar-refractivity contribution in [3.05, 3.63) is 129 Å². The number of halogens is 1. The fraction of sp³-hybridized carbons (Fsp3) is 0.161. The van der Waals surface area contributed by atoms with E-state index in [-0.39, 0.29) is 23.1 Å². The highest BCUT2D eigenvalue weighted by atomic mass is 32.2. The van der Waals surface area contributed by atoms with Gasteiger partial charge >= 0.3 is 15.8 Å². The summed E-state index contributed by atoms with van der Waals surface area (Å²) >= 11 is 0. The van der Waals surface area contributed by atoms with Gasteiger partial charge in [0.2, 0.25) is 0 Å². The zero-order valence-electron chi connectivity index (χ0n) is 23.2. The molecule has 0 radical (unpaired) electrons. The van der Waals surface area contributed by atoms with E-state index in [1.807, 2.05) is 4.90 Å². The Hall–Kier alpha value is -5.30. The van der Waals surface area contributed by atoms with Gasteiger partial charge in [-0.05, 0) is 54.1 Å². The minimum absolute atomic E-state index is 0.0189. The van der Waals surface area contributed by atoms with Gasteiger partial charge in [-0.15, -0.1) is 0 Å². The van der Waals surface area contributed by atoms with Crippen LogP contribution >= 0.6 is 0 Å². The first-order valence-corrected chi connectivity index (χ1v) is 15.1. The lowest BCUT2D eigenvalue weighted by molar-refractivity contribution is 0.0746. The summed E-state index contributed by atoms with van der Waals surface area (Å²) in [6.45, 7) is 1.49. The zero-order valence-corrected chi connectivity index (χ0v) is 24.0. The molecule has 1 amide bonds. The molecule has 0 aliphatic carbocycles. The number of nitrogens with one attached hydrogen (secondary N) is 1. The van der Waals surface area contributed by atoms with Gasteiger partial charge < -0.3 is 14.0 Å².